The number of pyridine rings is 1. The highest BCUT2D eigenvalue weighted by atomic mass is 32.1. The maximum Gasteiger partial charge on any atom is 0.307 e. The Morgan fingerprint density at radius 2 is 2.06 bits per heavy atom. The summed E-state index contributed by atoms with van der Waals surface area (Å²) < 4.78 is 29.7. The van der Waals surface area contributed by atoms with E-state index in [1.165, 1.54) is 10.7 Å². The lowest BCUT2D eigenvalue weighted by molar-refractivity contribution is -0.385. The quantitative estimate of drug-likeness (QED) is 0.297. The van der Waals surface area contributed by atoms with Crippen LogP contribution in [0.15, 0.2) is 24.7 Å². The zero-order valence-corrected chi connectivity index (χ0v) is 18.5. The molecule has 4 heterocycles. The number of amides is 2. The molecule has 15 heteroatoms. The SMILES string of the molecule is Cc1nn(C)cc1-c1cc(C(F)F)nc2sc(C(N)=O)c(NC(=O)Cn3cc([N+](=O)[O-])cn3)c12. The molecule has 2 amide bonds. The van der Waals surface area contributed by atoms with Gasteiger partial charge in [0.15, 0.2) is 0 Å². The molecule has 4 aromatic rings. The molecular formula is C19H16F2N8O4S. The number of nitrogens with zero attached hydrogens (tertiary/aromatic N) is 6. The molecule has 3 N–H and O–H groups in total. The van der Waals surface area contributed by atoms with E-state index in [4.69, 9.17) is 5.73 Å². The van der Waals surface area contributed by atoms with Gasteiger partial charge in [0, 0.05) is 24.2 Å². The molecule has 0 atom stereocenters. The number of nitrogens with two attached hydrogens (primary N) is 1. The zero-order chi connectivity index (χ0) is 24.7. The summed E-state index contributed by atoms with van der Waals surface area (Å²) in [4.78, 5) is 39.0. The molecule has 0 fully saturated rings. The van der Waals surface area contributed by atoms with Gasteiger partial charge in [0.2, 0.25) is 5.91 Å². The number of primary amides is 1. The van der Waals surface area contributed by atoms with Crippen molar-refractivity contribution >= 4 is 44.7 Å². The molecule has 0 bridgehead atoms. The van der Waals surface area contributed by atoms with Crippen LogP contribution in [-0.2, 0) is 18.4 Å². The number of hydrogen-bond donors (Lipinski definition) is 2. The first-order valence-corrected chi connectivity index (χ1v) is 10.4. The largest absolute Gasteiger partial charge is 0.365 e. The molecule has 0 aromatic carbocycles. The van der Waals surface area contributed by atoms with Crippen molar-refractivity contribution in [3.05, 3.63) is 51.0 Å². The molecule has 0 saturated heterocycles. The molecule has 0 aliphatic rings. The third kappa shape index (κ3) is 4.19. The minimum absolute atomic E-state index is 0.00530. The van der Waals surface area contributed by atoms with Crippen molar-refractivity contribution in [3.63, 3.8) is 0 Å². The summed E-state index contributed by atoms with van der Waals surface area (Å²) in [6.07, 6.45) is 0.797. The van der Waals surface area contributed by atoms with Crippen molar-refractivity contribution in [1.29, 1.82) is 0 Å². The van der Waals surface area contributed by atoms with Gasteiger partial charge in [-0.2, -0.15) is 10.2 Å². The topological polar surface area (TPSA) is 164 Å². The molecule has 34 heavy (non-hydrogen) atoms. The van der Waals surface area contributed by atoms with Crippen molar-refractivity contribution in [3.8, 4) is 11.1 Å². The van der Waals surface area contributed by atoms with Crippen LogP contribution in [0, 0.1) is 17.0 Å². The number of alkyl halides is 2. The lowest BCUT2D eigenvalue weighted by Gasteiger charge is -2.10. The normalized spacial score (nSPS) is 11.3. The number of fused-ring (bicyclic) bond motifs is 1. The predicted octanol–water partition coefficient (Wildman–Crippen LogP) is 2.79. The summed E-state index contributed by atoms with van der Waals surface area (Å²) >= 11 is 0.769. The van der Waals surface area contributed by atoms with Crippen LogP contribution >= 0.6 is 11.3 Å². The van der Waals surface area contributed by atoms with E-state index >= 15 is 0 Å². The number of rotatable bonds is 7. The Morgan fingerprint density at radius 1 is 1.32 bits per heavy atom. The van der Waals surface area contributed by atoms with E-state index in [-0.39, 0.29) is 26.5 Å². The maximum absolute atomic E-state index is 13.6. The highest BCUT2D eigenvalue weighted by Gasteiger charge is 2.26. The number of anilines is 1. The lowest BCUT2D eigenvalue weighted by Crippen LogP contribution is -2.21. The fourth-order valence-corrected chi connectivity index (χ4v) is 4.47. The van der Waals surface area contributed by atoms with Gasteiger partial charge in [-0.1, -0.05) is 0 Å². The lowest BCUT2D eigenvalue weighted by atomic mass is 10.0. The summed E-state index contributed by atoms with van der Waals surface area (Å²) in [6.45, 7) is 1.28. The summed E-state index contributed by atoms with van der Waals surface area (Å²) in [5.41, 5.74) is 6.02. The Hall–Kier alpha value is -4.27. The van der Waals surface area contributed by atoms with Gasteiger partial charge in [0.25, 0.3) is 12.3 Å². The smallest absolute Gasteiger partial charge is 0.307 e. The molecule has 0 aliphatic heterocycles. The second-order valence-corrected chi connectivity index (χ2v) is 8.25. The molecule has 0 aliphatic carbocycles. The van der Waals surface area contributed by atoms with E-state index in [9.17, 15) is 28.5 Å². The molecule has 4 rings (SSSR count). The Kier molecular flexibility index (Phi) is 5.78. The van der Waals surface area contributed by atoms with Gasteiger partial charge in [-0.25, -0.2) is 13.8 Å². The summed E-state index contributed by atoms with van der Waals surface area (Å²) in [7, 11) is 1.66. The summed E-state index contributed by atoms with van der Waals surface area (Å²) in [5, 5.41) is 21.7. The van der Waals surface area contributed by atoms with Gasteiger partial charge < -0.3 is 11.1 Å². The van der Waals surface area contributed by atoms with Gasteiger partial charge in [-0.3, -0.25) is 29.1 Å². The van der Waals surface area contributed by atoms with Crippen LogP contribution in [0.1, 0.15) is 27.5 Å². The van der Waals surface area contributed by atoms with Crippen LogP contribution in [0.25, 0.3) is 21.3 Å². The summed E-state index contributed by atoms with van der Waals surface area (Å²) in [6, 6.07) is 1.18. The second kappa shape index (κ2) is 8.58. The van der Waals surface area contributed by atoms with Gasteiger partial charge in [0.1, 0.15) is 34.3 Å². The first kappa shape index (κ1) is 22.9. The highest BCUT2D eigenvalue weighted by Crippen LogP contribution is 2.43. The highest BCUT2D eigenvalue weighted by molar-refractivity contribution is 7.21. The molecule has 0 radical (unpaired) electrons. The van der Waals surface area contributed by atoms with Crippen molar-refractivity contribution in [2.45, 2.75) is 19.9 Å². The summed E-state index contributed by atoms with van der Waals surface area (Å²) in [5.74, 6) is -1.56. The first-order chi connectivity index (χ1) is 16.0. The average Bonchev–Trinajstić information content (AvgIpc) is 3.44. The predicted molar refractivity (Wildman–Crippen MR) is 118 cm³/mol. The number of thiophene rings is 1. The third-order valence-electron chi connectivity index (χ3n) is 4.83. The van der Waals surface area contributed by atoms with Crippen LogP contribution in [0.4, 0.5) is 20.2 Å². The number of nitro groups is 1. The Bertz CT molecular complexity index is 1460. The Morgan fingerprint density at radius 3 is 2.62 bits per heavy atom. The maximum atomic E-state index is 13.6. The van der Waals surface area contributed by atoms with E-state index < -0.39 is 35.4 Å². The molecular weight excluding hydrogens is 474 g/mol. The van der Waals surface area contributed by atoms with Gasteiger partial charge >= 0.3 is 5.69 Å². The Balaban J connectivity index is 1.85. The van der Waals surface area contributed by atoms with Crippen LogP contribution in [-0.4, -0.2) is 41.3 Å². The second-order valence-electron chi connectivity index (χ2n) is 7.25. The van der Waals surface area contributed by atoms with Crippen LogP contribution in [0.2, 0.25) is 0 Å². The molecule has 0 saturated carbocycles. The van der Waals surface area contributed by atoms with E-state index in [1.54, 1.807) is 20.2 Å². The monoisotopic (exact) mass is 490 g/mol. The van der Waals surface area contributed by atoms with E-state index in [1.807, 2.05) is 0 Å². The number of carbonyl (C=O) groups is 2. The van der Waals surface area contributed by atoms with Gasteiger partial charge in [-0.05, 0) is 18.6 Å². The van der Waals surface area contributed by atoms with E-state index in [0.717, 1.165) is 28.4 Å². The molecule has 0 unspecified atom stereocenters. The zero-order valence-electron chi connectivity index (χ0n) is 17.7. The number of aryl methyl sites for hydroxylation is 2. The molecule has 176 valence electrons. The third-order valence-corrected chi connectivity index (χ3v) is 5.93. The van der Waals surface area contributed by atoms with E-state index in [2.05, 4.69) is 20.5 Å². The number of nitrogens with one attached hydrogen (secondary N) is 1. The average molecular weight is 490 g/mol. The van der Waals surface area contributed by atoms with Gasteiger partial charge in [0.05, 0.1) is 16.3 Å². The van der Waals surface area contributed by atoms with Gasteiger partial charge in [-0.15, -0.1) is 11.3 Å². The number of aromatic nitrogens is 5. The van der Waals surface area contributed by atoms with Crippen LogP contribution in [0.5, 0.6) is 0 Å². The van der Waals surface area contributed by atoms with Crippen molar-refractivity contribution in [2.75, 3.05) is 5.32 Å². The van der Waals surface area contributed by atoms with Crippen molar-refractivity contribution in [1.82, 2.24) is 24.5 Å². The fraction of sp³-hybridized carbons (Fsp3) is 0.211. The van der Waals surface area contributed by atoms with Crippen molar-refractivity contribution < 1.29 is 23.3 Å². The first-order valence-electron chi connectivity index (χ1n) is 9.57. The number of halogens is 2. The minimum atomic E-state index is -2.88. The van der Waals surface area contributed by atoms with Crippen LogP contribution < -0.4 is 11.1 Å². The Labute approximate surface area is 193 Å². The van der Waals surface area contributed by atoms with Crippen LogP contribution in [0.3, 0.4) is 0 Å². The van der Waals surface area contributed by atoms with Crippen molar-refractivity contribution in [2.24, 2.45) is 12.8 Å². The number of hydrogen-bond acceptors (Lipinski definition) is 8. The minimum Gasteiger partial charge on any atom is -0.365 e. The standard InChI is InChI=1S/C19H16F2N8O4S/c1-8-11(6-27(2)26-8)10-3-12(17(20)21)24-19-14(10)15(16(34-19)18(22)31)25-13(30)7-28-5-9(4-23-28)29(32)33/h3-6,17H,7H2,1-2H3,(H2,22,31)(H,25,30). The fourth-order valence-electron chi connectivity index (χ4n) is 3.46. The molecule has 12 nitrogen and oxygen atoms in total. The van der Waals surface area contributed by atoms with E-state index in [0.29, 0.717) is 16.8 Å². The number of carbonyl (C=O) groups excluding carboxylic acids is 2. The molecule has 4 aromatic heterocycles. The molecule has 0 spiro atoms.